The van der Waals surface area contributed by atoms with E-state index in [4.69, 9.17) is 4.74 Å². The molecule has 0 aliphatic carbocycles. The minimum absolute atomic E-state index is 0.0441. The van der Waals surface area contributed by atoms with Crippen LogP contribution in [0.1, 0.15) is 30.1 Å². The summed E-state index contributed by atoms with van der Waals surface area (Å²) in [4.78, 5) is 15.6. The predicted octanol–water partition coefficient (Wildman–Crippen LogP) is 1.88. The van der Waals surface area contributed by atoms with E-state index in [0.717, 1.165) is 26.1 Å². The van der Waals surface area contributed by atoms with Crippen LogP contribution in [0.5, 0.6) is 0 Å². The van der Waals surface area contributed by atoms with E-state index in [-0.39, 0.29) is 5.78 Å². The van der Waals surface area contributed by atoms with Gasteiger partial charge in [-0.1, -0.05) is 0 Å². The average Bonchev–Trinajstić information content (AvgIpc) is 2.31. The van der Waals surface area contributed by atoms with Crippen molar-refractivity contribution in [2.45, 2.75) is 25.8 Å². The van der Waals surface area contributed by atoms with Gasteiger partial charge < -0.3 is 10.1 Å². The van der Waals surface area contributed by atoms with E-state index in [1.807, 2.05) is 0 Å². The van der Waals surface area contributed by atoms with Crippen LogP contribution in [-0.4, -0.2) is 30.0 Å². The Morgan fingerprint density at radius 1 is 1.50 bits per heavy atom. The Balaban J connectivity index is 2.10. The van der Waals surface area contributed by atoms with Gasteiger partial charge >= 0.3 is 0 Å². The minimum atomic E-state index is 0.0441. The first-order valence-electron chi connectivity index (χ1n) is 5.57. The van der Waals surface area contributed by atoms with Gasteiger partial charge in [-0.25, -0.2) is 4.98 Å². The Bertz CT molecular complexity index is 373. The lowest BCUT2D eigenvalue weighted by atomic mass is 10.1. The molecule has 16 heavy (non-hydrogen) atoms. The third kappa shape index (κ3) is 2.58. The molecule has 0 radical (unpaired) electrons. The van der Waals surface area contributed by atoms with Gasteiger partial charge in [0.2, 0.25) is 0 Å². The second-order valence-corrected chi connectivity index (χ2v) is 3.99. The summed E-state index contributed by atoms with van der Waals surface area (Å²) in [6.45, 7) is 3.12. The standard InChI is InChI=1S/C12H16N2O2/c1-9(15)11-3-2-6-13-12(11)14-10-4-7-16-8-5-10/h2-3,6,10H,4-5,7-8H2,1H3,(H,13,14). The van der Waals surface area contributed by atoms with Crippen LogP contribution >= 0.6 is 0 Å². The third-order valence-electron chi connectivity index (χ3n) is 2.75. The van der Waals surface area contributed by atoms with Crippen LogP contribution in [0.4, 0.5) is 5.82 Å². The molecule has 1 aliphatic rings. The molecule has 0 unspecified atom stereocenters. The van der Waals surface area contributed by atoms with Crippen LogP contribution in [0, 0.1) is 0 Å². The number of carbonyl (C=O) groups is 1. The van der Waals surface area contributed by atoms with Crippen LogP contribution in [0.2, 0.25) is 0 Å². The lowest BCUT2D eigenvalue weighted by Crippen LogP contribution is -2.28. The number of aromatic nitrogens is 1. The Kier molecular flexibility index (Phi) is 3.51. The first-order valence-corrected chi connectivity index (χ1v) is 5.57. The molecule has 0 atom stereocenters. The minimum Gasteiger partial charge on any atom is -0.381 e. The van der Waals surface area contributed by atoms with Crippen LogP contribution in [0.25, 0.3) is 0 Å². The normalized spacial score (nSPS) is 17.1. The van der Waals surface area contributed by atoms with Gasteiger partial charge in [-0.2, -0.15) is 0 Å². The molecule has 0 spiro atoms. The van der Waals surface area contributed by atoms with Crippen molar-refractivity contribution in [2.75, 3.05) is 18.5 Å². The average molecular weight is 220 g/mol. The van der Waals surface area contributed by atoms with Crippen LogP contribution in [-0.2, 0) is 4.74 Å². The molecule has 2 rings (SSSR count). The molecule has 1 N–H and O–H groups in total. The highest BCUT2D eigenvalue weighted by molar-refractivity contribution is 5.98. The molecule has 0 saturated carbocycles. The van der Waals surface area contributed by atoms with Gasteiger partial charge in [0.25, 0.3) is 0 Å². The molecule has 4 heteroatoms. The van der Waals surface area contributed by atoms with Gasteiger partial charge in [-0.05, 0) is 31.9 Å². The number of carbonyl (C=O) groups excluding carboxylic acids is 1. The van der Waals surface area contributed by atoms with Gasteiger partial charge in [-0.3, -0.25) is 4.79 Å². The number of hydrogen-bond acceptors (Lipinski definition) is 4. The zero-order valence-electron chi connectivity index (χ0n) is 9.40. The van der Waals surface area contributed by atoms with E-state index in [1.165, 1.54) is 0 Å². The topological polar surface area (TPSA) is 51.2 Å². The van der Waals surface area contributed by atoms with Crippen molar-refractivity contribution in [1.82, 2.24) is 4.98 Å². The van der Waals surface area contributed by atoms with Gasteiger partial charge in [0, 0.05) is 25.5 Å². The second kappa shape index (κ2) is 5.07. The monoisotopic (exact) mass is 220 g/mol. The molecule has 86 valence electrons. The number of nitrogens with one attached hydrogen (secondary N) is 1. The summed E-state index contributed by atoms with van der Waals surface area (Å²) in [5.41, 5.74) is 0.661. The highest BCUT2D eigenvalue weighted by atomic mass is 16.5. The Morgan fingerprint density at radius 2 is 2.25 bits per heavy atom. The number of anilines is 1. The maximum absolute atomic E-state index is 11.4. The van der Waals surface area contributed by atoms with E-state index < -0.39 is 0 Å². The number of pyridine rings is 1. The molecule has 1 aromatic heterocycles. The fraction of sp³-hybridized carbons (Fsp3) is 0.500. The maximum atomic E-state index is 11.4. The maximum Gasteiger partial charge on any atom is 0.163 e. The van der Waals surface area contributed by atoms with Crippen molar-refractivity contribution in [3.05, 3.63) is 23.9 Å². The summed E-state index contributed by atoms with van der Waals surface area (Å²) in [6, 6.07) is 3.95. The van der Waals surface area contributed by atoms with Crippen molar-refractivity contribution in [2.24, 2.45) is 0 Å². The molecule has 1 aromatic rings. The molecule has 0 amide bonds. The van der Waals surface area contributed by atoms with Gasteiger partial charge in [0.1, 0.15) is 5.82 Å². The Hall–Kier alpha value is -1.42. The van der Waals surface area contributed by atoms with Crippen LogP contribution in [0.3, 0.4) is 0 Å². The molecule has 4 nitrogen and oxygen atoms in total. The van der Waals surface area contributed by atoms with Crippen LogP contribution < -0.4 is 5.32 Å². The van der Waals surface area contributed by atoms with Gasteiger partial charge in [-0.15, -0.1) is 0 Å². The molecular weight excluding hydrogens is 204 g/mol. The lowest BCUT2D eigenvalue weighted by Gasteiger charge is -2.24. The van der Waals surface area contributed by atoms with Crippen molar-refractivity contribution in [1.29, 1.82) is 0 Å². The number of ether oxygens (including phenoxy) is 1. The highest BCUT2D eigenvalue weighted by Crippen LogP contribution is 2.17. The Morgan fingerprint density at radius 3 is 2.94 bits per heavy atom. The van der Waals surface area contributed by atoms with Crippen molar-refractivity contribution in [3.63, 3.8) is 0 Å². The molecular formula is C12H16N2O2. The first-order chi connectivity index (χ1) is 7.77. The summed E-state index contributed by atoms with van der Waals surface area (Å²) in [6.07, 6.45) is 3.63. The van der Waals surface area contributed by atoms with E-state index >= 15 is 0 Å². The molecule has 2 heterocycles. The number of Topliss-reactive ketones (excluding diaryl/α,β-unsaturated/α-hetero) is 1. The van der Waals surface area contributed by atoms with Gasteiger partial charge in [0.15, 0.2) is 5.78 Å². The highest BCUT2D eigenvalue weighted by Gasteiger charge is 2.16. The summed E-state index contributed by atoms with van der Waals surface area (Å²) in [7, 11) is 0. The zero-order valence-corrected chi connectivity index (χ0v) is 9.40. The van der Waals surface area contributed by atoms with E-state index in [0.29, 0.717) is 17.4 Å². The fourth-order valence-corrected chi connectivity index (χ4v) is 1.84. The summed E-state index contributed by atoms with van der Waals surface area (Å²) in [5.74, 6) is 0.740. The Labute approximate surface area is 95.0 Å². The van der Waals surface area contributed by atoms with Crippen LogP contribution in [0.15, 0.2) is 18.3 Å². The molecule has 1 fully saturated rings. The molecule has 1 saturated heterocycles. The largest absolute Gasteiger partial charge is 0.381 e. The van der Waals surface area contributed by atoms with E-state index in [2.05, 4.69) is 10.3 Å². The summed E-state index contributed by atoms with van der Waals surface area (Å²) < 4.78 is 5.29. The zero-order chi connectivity index (χ0) is 11.4. The third-order valence-corrected chi connectivity index (χ3v) is 2.75. The van der Waals surface area contributed by atoms with Gasteiger partial charge in [0.05, 0.1) is 5.56 Å². The molecule has 1 aliphatic heterocycles. The molecule has 0 bridgehead atoms. The quantitative estimate of drug-likeness (QED) is 0.790. The predicted molar refractivity (Wildman–Crippen MR) is 61.7 cm³/mol. The summed E-state index contributed by atoms with van der Waals surface area (Å²) in [5, 5.41) is 3.32. The molecule has 0 aromatic carbocycles. The van der Waals surface area contributed by atoms with E-state index in [9.17, 15) is 4.79 Å². The second-order valence-electron chi connectivity index (χ2n) is 3.99. The SMILES string of the molecule is CC(=O)c1cccnc1NC1CCOCC1. The number of rotatable bonds is 3. The lowest BCUT2D eigenvalue weighted by molar-refractivity contribution is 0.0903. The number of ketones is 1. The fourth-order valence-electron chi connectivity index (χ4n) is 1.84. The van der Waals surface area contributed by atoms with E-state index in [1.54, 1.807) is 25.3 Å². The number of hydrogen-bond donors (Lipinski definition) is 1. The van der Waals surface area contributed by atoms with Crippen molar-refractivity contribution in [3.8, 4) is 0 Å². The van der Waals surface area contributed by atoms with Crippen molar-refractivity contribution >= 4 is 11.6 Å². The number of nitrogens with zero attached hydrogens (tertiary/aromatic N) is 1. The summed E-state index contributed by atoms with van der Waals surface area (Å²) >= 11 is 0. The van der Waals surface area contributed by atoms with Crippen molar-refractivity contribution < 1.29 is 9.53 Å². The first kappa shape index (κ1) is 11.1. The smallest absolute Gasteiger partial charge is 0.163 e.